The number of nitrogens with one attached hydrogen (secondary N) is 2. The first-order valence-corrected chi connectivity index (χ1v) is 14.4. The SMILES string of the molecule is COc1cc(C#N)c(OC2CCC(C)(C(=O)O)CC2)cc1C(=O)N[C@@H]1[C@H]2CC[C@H](C2)[C@@H]1C(=O)NCC1(F)CCC1. The molecule has 0 heterocycles. The summed E-state index contributed by atoms with van der Waals surface area (Å²) in [5, 5.41) is 25.1. The quantitative estimate of drug-likeness (QED) is 0.417. The van der Waals surface area contributed by atoms with Crippen LogP contribution in [0.5, 0.6) is 11.5 Å². The first-order valence-electron chi connectivity index (χ1n) is 14.4. The summed E-state index contributed by atoms with van der Waals surface area (Å²) in [5.74, 6) is -1.10. The Morgan fingerprint density at radius 1 is 1.10 bits per heavy atom. The summed E-state index contributed by atoms with van der Waals surface area (Å²) in [6.07, 6.45) is 6.10. The average Bonchev–Trinajstić information content (AvgIpc) is 3.53. The number of methoxy groups -OCH3 is 1. The molecule has 216 valence electrons. The molecule has 0 unspecified atom stereocenters. The van der Waals surface area contributed by atoms with Gasteiger partial charge in [-0.15, -0.1) is 0 Å². The van der Waals surface area contributed by atoms with Gasteiger partial charge in [0.1, 0.15) is 23.2 Å². The number of aliphatic carboxylic acids is 1. The first-order chi connectivity index (χ1) is 19.1. The van der Waals surface area contributed by atoms with Crippen LogP contribution in [0, 0.1) is 34.5 Å². The van der Waals surface area contributed by atoms with E-state index in [4.69, 9.17) is 9.47 Å². The van der Waals surface area contributed by atoms with Gasteiger partial charge in [-0.25, -0.2) is 4.39 Å². The molecule has 2 bridgehead atoms. The van der Waals surface area contributed by atoms with Crippen molar-refractivity contribution in [2.45, 2.75) is 88.9 Å². The zero-order chi connectivity index (χ0) is 28.7. The number of benzene rings is 1. The Morgan fingerprint density at radius 2 is 1.80 bits per heavy atom. The highest BCUT2D eigenvalue weighted by Crippen LogP contribution is 2.49. The highest BCUT2D eigenvalue weighted by molar-refractivity contribution is 5.98. The van der Waals surface area contributed by atoms with Crippen molar-refractivity contribution in [2.75, 3.05) is 13.7 Å². The van der Waals surface area contributed by atoms with Crippen LogP contribution in [0.15, 0.2) is 12.1 Å². The van der Waals surface area contributed by atoms with E-state index >= 15 is 0 Å². The number of carbonyl (C=O) groups is 3. The van der Waals surface area contributed by atoms with Crippen LogP contribution in [-0.4, -0.2) is 54.4 Å². The lowest BCUT2D eigenvalue weighted by Crippen LogP contribution is -2.52. The van der Waals surface area contributed by atoms with Crippen molar-refractivity contribution in [1.82, 2.24) is 10.6 Å². The molecule has 40 heavy (non-hydrogen) atoms. The minimum atomic E-state index is -1.32. The van der Waals surface area contributed by atoms with Crippen LogP contribution in [0.4, 0.5) is 4.39 Å². The molecule has 4 aliphatic carbocycles. The average molecular weight is 556 g/mol. The number of nitriles is 1. The molecule has 4 saturated carbocycles. The van der Waals surface area contributed by atoms with Crippen molar-refractivity contribution in [2.24, 2.45) is 23.2 Å². The third-order valence-electron chi connectivity index (χ3n) is 9.86. The van der Waals surface area contributed by atoms with Gasteiger partial charge in [0.2, 0.25) is 5.91 Å². The first kappa shape index (κ1) is 28.2. The molecule has 4 atom stereocenters. The van der Waals surface area contributed by atoms with E-state index < -0.39 is 28.9 Å². The molecule has 9 nitrogen and oxygen atoms in total. The van der Waals surface area contributed by atoms with E-state index in [9.17, 15) is 29.1 Å². The van der Waals surface area contributed by atoms with Gasteiger partial charge >= 0.3 is 5.97 Å². The van der Waals surface area contributed by atoms with E-state index in [0.717, 1.165) is 25.7 Å². The number of alkyl halides is 1. The lowest BCUT2D eigenvalue weighted by atomic mass is 9.75. The zero-order valence-electron chi connectivity index (χ0n) is 23.1. The Labute approximate surface area is 233 Å². The molecular weight excluding hydrogens is 517 g/mol. The fraction of sp³-hybridized carbons (Fsp3) is 0.667. The van der Waals surface area contributed by atoms with Crippen molar-refractivity contribution in [1.29, 1.82) is 5.26 Å². The second-order valence-corrected chi connectivity index (χ2v) is 12.4. The maximum atomic E-state index is 14.5. The summed E-state index contributed by atoms with van der Waals surface area (Å²) in [4.78, 5) is 38.4. The monoisotopic (exact) mass is 555 g/mol. The third kappa shape index (κ3) is 5.35. The smallest absolute Gasteiger partial charge is 0.309 e. The number of rotatable bonds is 9. The van der Waals surface area contributed by atoms with Gasteiger partial charge < -0.3 is 25.2 Å². The summed E-state index contributed by atoms with van der Waals surface area (Å²) in [6, 6.07) is 4.70. The number of halogens is 1. The van der Waals surface area contributed by atoms with Crippen LogP contribution in [0.25, 0.3) is 0 Å². The largest absolute Gasteiger partial charge is 0.496 e. The highest BCUT2D eigenvalue weighted by atomic mass is 19.1. The predicted octanol–water partition coefficient (Wildman–Crippen LogP) is 4.13. The number of carboxylic acid groups (broad SMARTS) is 1. The molecule has 0 radical (unpaired) electrons. The van der Waals surface area contributed by atoms with E-state index in [-0.39, 0.29) is 59.1 Å². The van der Waals surface area contributed by atoms with Crippen molar-refractivity contribution in [3.8, 4) is 17.6 Å². The maximum absolute atomic E-state index is 14.5. The van der Waals surface area contributed by atoms with Gasteiger partial charge in [0, 0.05) is 12.1 Å². The van der Waals surface area contributed by atoms with Crippen LogP contribution in [0.3, 0.4) is 0 Å². The number of amides is 2. The molecule has 0 spiro atoms. The molecule has 10 heteroatoms. The second kappa shape index (κ2) is 10.9. The van der Waals surface area contributed by atoms with Gasteiger partial charge in [0.15, 0.2) is 0 Å². The number of ether oxygens (including phenoxy) is 2. The van der Waals surface area contributed by atoms with Gasteiger partial charge in [-0.2, -0.15) is 5.26 Å². The van der Waals surface area contributed by atoms with E-state index in [1.807, 2.05) is 0 Å². The molecule has 0 saturated heterocycles. The summed E-state index contributed by atoms with van der Waals surface area (Å²) in [7, 11) is 1.42. The Kier molecular flexibility index (Phi) is 7.68. The number of nitrogens with zero attached hydrogens (tertiary/aromatic N) is 1. The normalized spacial score (nSPS) is 31.9. The fourth-order valence-electron chi connectivity index (χ4n) is 7.04. The second-order valence-electron chi connectivity index (χ2n) is 12.4. The fourth-order valence-corrected chi connectivity index (χ4v) is 7.04. The molecule has 2 amide bonds. The molecule has 5 rings (SSSR count). The Bertz CT molecular complexity index is 1220. The van der Waals surface area contributed by atoms with Crippen LogP contribution in [-0.2, 0) is 9.59 Å². The molecule has 4 fully saturated rings. The lowest BCUT2D eigenvalue weighted by molar-refractivity contribution is -0.150. The predicted molar refractivity (Wildman–Crippen MR) is 143 cm³/mol. The van der Waals surface area contributed by atoms with Crippen molar-refractivity contribution >= 4 is 17.8 Å². The van der Waals surface area contributed by atoms with Crippen molar-refractivity contribution in [3.05, 3.63) is 23.3 Å². The van der Waals surface area contributed by atoms with Crippen LogP contribution >= 0.6 is 0 Å². The van der Waals surface area contributed by atoms with Gasteiger partial charge in [-0.05, 0) is 89.0 Å². The van der Waals surface area contributed by atoms with Gasteiger partial charge in [-0.3, -0.25) is 14.4 Å². The van der Waals surface area contributed by atoms with Crippen molar-refractivity contribution in [3.63, 3.8) is 0 Å². The standard InChI is InChI=1S/C30H38FN3O6/c1-29(28(37)38)10-6-20(7-11-29)40-22-14-21(23(39-2)13-19(22)15-32)26(35)34-25-18-5-4-17(12-18)24(25)27(36)33-16-30(31)8-3-9-30/h13-14,17-18,20,24-25H,3-12,16H2,1-2H3,(H,33,36)(H,34,35)(H,37,38)/t17-,18+,20?,24+,25-,29?/m1/s1. The van der Waals surface area contributed by atoms with E-state index in [2.05, 4.69) is 16.7 Å². The third-order valence-corrected chi connectivity index (χ3v) is 9.86. The lowest BCUT2D eigenvalue weighted by Gasteiger charge is -2.36. The summed E-state index contributed by atoms with van der Waals surface area (Å²) in [6.45, 7) is 1.74. The molecule has 0 aliphatic heterocycles. The summed E-state index contributed by atoms with van der Waals surface area (Å²) >= 11 is 0. The van der Waals surface area contributed by atoms with Crippen molar-refractivity contribution < 1.29 is 33.4 Å². The number of carboxylic acids is 1. The van der Waals surface area contributed by atoms with Crippen LogP contribution < -0.4 is 20.1 Å². The zero-order valence-corrected chi connectivity index (χ0v) is 23.1. The van der Waals surface area contributed by atoms with Gasteiger partial charge in [0.05, 0.1) is 42.2 Å². The van der Waals surface area contributed by atoms with Gasteiger partial charge in [0.25, 0.3) is 5.91 Å². The number of fused-ring (bicyclic) bond motifs is 2. The number of hydrogen-bond acceptors (Lipinski definition) is 6. The van der Waals surface area contributed by atoms with E-state index in [0.29, 0.717) is 38.5 Å². The molecule has 4 aliphatic rings. The Balaban J connectivity index is 1.31. The van der Waals surface area contributed by atoms with E-state index in [1.54, 1.807) is 6.92 Å². The molecule has 1 aromatic rings. The van der Waals surface area contributed by atoms with Crippen LogP contribution in [0.1, 0.15) is 87.1 Å². The molecular formula is C30H38FN3O6. The molecule has 3 N–H and O–H groups in total. The number of hydrogen-bond donors (Lipinski definition) is 3. The minimum Gasteiger partial charge on any atom is -0.496 e. The Hall–Kier alpha value is -3.35. The topological polar surface area (TPSA) is 138 Å². The summed E-state index contributed by atoms with van der Waals surface area (Å²) in [5.41, 5.74) is -1.70. The summed E-state index contributed by atoms with van der Waals surface area (Å²) < 4.78 is 26.1. The maximum Gasteiger partial charge on any atom is 0.309 e. The van der Waals surface area contributed by atoms with Crippen LogP contribution in [0.2, 0.25) is 0 Å². The van der Waals surface area contributed by atoms with Gasteiger partial charge in [-0.1, -0.05) is 0 Å². The highest BCUT2D eigenvalue weighted by Gasteiger charge is 2.52. The molecule has 0 aromatic heterocycles. The molecule has 1 aromatic carbocycles. The Morgan fingerprint density at radius 3 is 2.40 bits per heavy atom. The van der Waals surface area contributed by atoms with E-state index in [1.165, 1.54) is 19.2 Å². The minimum absolute atomic E-state index is 0.0112. The number of carbonyl (C=O) groups excluding carboxylic acids is 2.